The van der Waals surface area contributed by atoms with E-state index < -0.39 is 0 Å². The molecule has 2 aromatic carbocycles. The molecule has 0 radical (unpaired) electrons. The van der Waals surface area contributed by atoms with Crippen LogP contribution < -0.4 is 15.4 Å². The van der Waals surface area contributed by atoms with E-state index in [9.17, 15) is 9.59 Å². The van der Waals surface area contributed by atoms with Crippen molar-refractivity contribution in [3.63, 3.8) is 0 Å². The minimum Gasteiger partial charge on any atom is -0.494 e. The van der Waals surface area contributed by atoms with Gasteiger partial charge in [-0.1, -0.05) is 31.2 Å². The Morgan fingerprint density at radius 2 is 1.61 bits per heavy atom. The number of nitrogens with zero attached hydrogens (tertiary/aromatic N) is 1. The van der Waals surface area contributed by atoms with Crippen molar-refractivity contribution in [1.29, 1.82) is 0 Å². The quantitative estimate of drug-likeness (QED) is 0.649. The molecule has 2 amide bonds. The third-order valence-electron chi connectivity index (χ3n) is 5.63. The average Bonchev–Trinajstić information content (AvgIpc) is 2.79. The molecule has 0 unspecified atom stereocenters. The molecule has 6 nitrogen and oxygen atoms in total. The van der Waals surface area contributed by atoms with Gasteiger partial charge in [-0.25, -0.2) is 0 Å². The number of likely N-dealkylation sites (tertiary alicyclic amines) is 1. The first-order valence-corrected chi connectivity index (χ1v) is 11.1. The lowest BCUT2D eigenvalue weighted by atomic mass is 9.99. The van der Waals surface area contributed by atoms with E-state index in [2.05, 4.69) is 46.7 Å². The molecular formula is C25H33N3O3. The van der Waals surface area contributed by atoms with Gasteiger partial charge in [-0.05, 0) is 74.2 Å². The second kappa shape index (κ2) is 11.5. The smallest absolute Gasteiger partial charge is 0.251 e. The van der Waals surface area contributed by atoms with E-state index in [0.29, 0.717) is 24.5 Å². The summed E-state index contributed by atoms with van der Waals surface area (Å²) in [6.45, 7) is 8.51. The number of amides is 2. The Morgan fingerprint density at radius 3 is 2.26 bits per heavy atom. The fraction of sp³-hybridized carbons (Fsp3) is 0.440. The molecular weight excluding hydrogens is 390 g/mol. The maximum Gasteiger partial charge on any atom is 0.251 e. The summed E-state index contributed by atoms with van der Waals surface area (Å²) >= 11 is 0. The van der Waals surface area contributed by atoms with Crippen LogP contribution in [0.4, 0.5) is 0 Å². The predicted molar refractivity (Wildman–Crippen MR) is 122 cm³/mol. The fourth-order valence-electron chi connectivity index (χ4n) is 3.64. The molecule has 1 heterocycles. The number of benzene rings is 2. The van der Waals surface area contributed by atoms with Crippen molar-refractivity contribution >= 4 is 11.8 Å². The van der Waals surface area contributed by atoms with Gasteiger partial charge in [0.05, 0.1) is 13.2 Å². The van der Waals surface area contributed by atoms with E-state index in [1.165, 1.54) is 31.5 Å². The third-order valence-corrected chi connectivity index (χ3v) is 5.63. The summed E-state index contributed by atoms with van der Waals surface area (Å²) in [6.07, 6.45) is 2.55. The highest BCUT2D eigenvalue weighted by atomic mass is 16.5. The van der Waals surface area contributed by atoms with Crippen LogP contribution in [-0.2, 0) is 17.9 Å². The van der Waals surface area contributed by atoms with Crippen LogP contribution in [0.1, 0.15) is 48.2 Å². The zero-order valence-corrected chi connectivity index (χ0v) is 18.5. The summed E-state index contributed by atoms with van der Waals surface area (Å²) in [5.41, 5.74) is 2.84. The summed E-state index contributed by atoms with van der Waals surface area (Å²) in [6, 6.07) is 15.2. The summed E-state index contributed by atoms with van der Waals surface area (Å²) < 4.78 is 5.36. The Kier molecular flexibility index (Phi) is 8.47. The van der Waals surface area contributed by atoms with E-state index in [-0.39, 0.29) is 18.4 Å². The summed E-state index contributed by atoms with van der Waals surface area (Å²) in [4.78, 5) is 26.8. The van der Waals surface area contributed by atoms with Crippen molar-refractivity contribution < 1.29 is 14.3 Å². The van der Waals surface area contributed by atoms with Crippen LogP contribution in [0, 0.1) is 5.92 Å². The van der Waals surface area contributed by atoms with Crippen LogP contribution in [0.15, 0.2) is 48.5 Å². The summed E-state index contributed by atoms with van der Waals surface area (Å²) in [5.74, 6) is 1.06. The Hall–Kier alpha value is -2.86. The number of nitrogens with one attached hydrogen (secondary N) is 2. The van der Waals surface area contributed by atoms with Gasteiger partial charge in [0.15, 0.2) is 0 Å². The number of ether oxygens (including phenoxy) is 1. The molecule has 0 aliphatic carbocycles. The van der Waals surface area contributed by atoms with Gasteiger partial charge in [0.1, 0.15) is 5.75 Å². The Bertz CT molecular complexity index is 841. The molecule has 1 fully saturated rings. The standard InChI is InChI=1S/C25H33N3O3/c1-3-31-23-10-8-22(9-11-23)25(30)27-17-24(29)26-16-20-4-6-21(7-5-20)18-28-14-12-19(2)13-15-28/h4-11,19H,3,12-18H2,1-2H3,(H,26,29)(H,27,30). The van der Waals surface area contributed by atoms with Crippen LogP contribution in [0.3, 0.4) is 0 Å². The SMILES string of the molecule is CCOc1ccc(C(=O)NCC(=O)NCc2ccc(CN3CCC(C)CC3)cc2)cc1. The van der Waals surface area contributed by atoms with Crippen molar-refractivity contribution in [3.8, 4) is 5.75 Å². The monoisotopic (exact) mass is 423 g/mol. The molecule has 31 heavy (non-hydrogen) atoms. The fourth-order valence-corrected chi connectivity index (χ4v) is 3.64. The number of carbonyl (C=O) groups excluding carboxylic acids is 2. The molecule has 2 N–H and O–H groups in total. The maximum atomic E-state index is 12.2. The Morgan fingerprint density at radius 1 is 0.968 bits per heavy atom. The van der Waals surface area contributed by atoms with E-state index in [1.807, 2.05) is 6.92 Å². The normalized spacial score (nSPS) is 14.8. The highest BCUT2D eigenvalue weighted by Gasteiger charge is 2.15. The molecule has 0 atom stereocenters. The van der Waals surface area contributed by atoms with E-state index >= 15 is 0 Å². The van der Waals surface area contributed by atoms with Gasteiger partial charge in [0.25, 0.3) is 5.91 Å². The Labute approximate surface area is 185 Å². The van der Waals surface area contributed by atoms with Crippen LogP contribution >= 0.6 is 0 Å². The van der Waals surface area contributed by atoms with Crippen molar-refractivity contribution in [2.45, 2.75) is 39.8 Å². The molecule has 3 rings (SSSR count). The number of rotatable bonds is 9. The number of carbonyl (C=O) groups is 2. The second-order valence-corrected chi connectivity index (χ2v) is 8.19. The lowest BCUT2D eigenvalue weighted by molar-refractivity contribution is -0.120. The highest BCUT2D eigenvalue weighted by Crippen LogP contribution is 2.18. The zero-order chi connectivity index (χ0) is 22.1. The average molecular weight is 424 g/mol. The number of piperidine rings is 1. The molecule has 0 saturated carbocycles. The largest absolute Gasteiger partial charge is 0.494 e. The topological polar surface area (TPSA) is 70.7 Å². The molecule has 0 spiro atoms. The van der Waals surface area contributed by atoms with Gasteiger partial charge in [-0.15, -0.1) is 0 Å². The Balaban J connectivity index is 1.37. The lowest BCUT2D eigenvalue weighted by Gasteiger charge is -2.30. The first kappa shape index (κ1) is 22.8. The van der Waals surface area contributed by atoms with Gasteiger partial charge >= 0.3 is 0 Å². The second-order valence-electron chi connectivity index (χ2n) is 8.19. The molecule has 0 bridgehead atoms. The first-order valence-electron chi connectivity index (χ1n) is 11.1. The molecule has 1 aliphatic rings. The minimum atomic E-state index is -0.283. The van der Waals surface area contributed by atoms with Crippen LogP contribution in [0.25, 0.3) is 0 Å². The van der Waals surface area contributed by atoms with Crippen molar-refractivity contribution in [2.24, 2.45) is 5.92 Å². The molecule has 2 aromatic rings. The van der Waals surface area contributed by atoms with Gasteiger partial charge in [-0.2, -0.15) is 0 Å². The van der Waals surface area contributed by atoms with Crippen LogP contribution in [0.2, 0.25) is 0 Å². The van der Waals surface area contributed by atoms with Crippen LogP contribution in [-0.4, -0.2) is 43.0 Å². The molecule has 0 aromatic heterocycles. The van der Waals surface area contributed by atoms with Gasteiger partial charge in [-0.3, -0.25) is 14.5 Å². The highest BCUT2D eigenvalue weighted by molar-refractivity contribution is 5.96. The lowest BCUT2D eigenvalue weighted by Crippen LogP contribution is -2.36. The predicted octanol–water partition coefficient (Wildman–Crippen LogP) is 3.36. The zero-order valence-electron chi connectivity index (χ0n) is 18.5. The first-order chi connectivity index (χ1) is 15.0. The van der Waals surface area contributed by atoms with Crippen molar-refractivity contribution in [1.82, 2.24) is 15.5 Å². The third kappa shape index (κ3) is 7.40. The summed E-state index contributed by atoms with van der Waals surface area (Å²) in [7, 11) is 0. The molecule has 1 aliphatic heterocycles. The summed E-state index contributed by atoms with van der Waals surface area (Å²) in [5, 5.41) is 5.50. The van der Waals surface area contributed by atoms with Gasteiger partial charge < -0.3 is 15.4 Å². The molecule has 1 saturated heterocycles. The minimum absolute atomic E-state index is 0.0580. The molecule has 166 valence electrons. The van der Waals surface area contributed by atoms with E-state index in [4.69, 9.17) is 4.74 Å². The maximum absolute atomic E-state index is 12.2. The molecule has 6 heteroatoms. The van der Waals surface area contributed by atoms with Gasteiger partial charge in [0.2, 0.25) is 5.91 Å². The van der Waals surface area contributed by atoms with Crippen LogP contribution in [0.5, 0.6) is 5.75 Å². The van der Waals surface area contributed by atoms with Crippen molar-refractivity contribution in [2.75, 3.05) is 26.2 Å². The number of hydrogen-bond acceptors (Lipinski definition) is 4. The van der Waals surface area contributed by atoms with Crippen molar-refractivity contribution in [3.05, 3.63) is 65.2 Å². The number of hydrogen-bond donors (Lipinski definition) is 2. The van der Waals surface area contributed by atoms with E-state index in [1.54, 1.807) is 24.3 Å². The van der Waals surface area contributed by atoms with E-state index in [0.717, 1.165) is 18.0 Å². The van der Waals surface area contributed by atoms with Gasteiger partial charge in [0, 0.05) is 18.7 Å².